The number of guanidine groups is 1. The Morgan fingerprint density at radius 3 is 2.11 bits per heavy atom. The highest BCUT2D eigenvalue weighted by atomic mass is 127. The fourth-order valence-corrected chi connectivity index (χ4v) is 3.31. The molecule has 0 aliphatic carbocycles. The summed E-state index contributed by atoms with van der Waals surface area (Å²) < 4.78 is 25.4. The van der Waals surface area contributed by atoms with Crippen LogP contribution in [0.3, 0.4) is 0 Å². The number of hydrogen-bond donors (Lipinski definition) is 2. The molecule has 0 amide bonds. The zero-order chi connectivity index (χ0) is 19.2. The Morgan fingerprint density at radius 1 is 1.00 bits per heavy atom. The number of hydrogen-bond acceptors (Lipinski definition) is 3. The van der Waals surface area contributed by atoms with Gasteiger partial charge in [0.1, 0.15) is 0 Å². The van der Waals surface area contributed by atoms with Crippen LogP contribution in [0.1, 0.15) is 16.7 Å². The van der Waals surface area contributed by atoms with Crippen LogP contribution in [-0.2, 0) is 23.1 Å². The molecule has 0 atom stereocenters. The van der Waals surface area contributed by atoms with Crippen LogP contribution in [0.4, 0.5) is 0 Å². The second-order valence-corrected chi connectivity index (χ2v) is 8.35. The highest BCUT2D eigenvalue weighted by Gasteiger charge is 2.16. The van der Waals surface area contributed by atoms with Gasteiger partial charge in [0.15, 0.2) is 5.96 Å². The molecule has 0 saturated carbocycles. The van der Waals surface area contributed by atoms with Crippen LogP contribution in [-0.4, -0.2) is 39.8 Å². The number of aliphatic imine (C=N–C) groups is 1. The van der Waals surface area contributed by atoms with Crippen molar-refractivity contribution in [3.05, 3.63) is 65.2 Å². The lowest BCUT2D eigenvalue weighted by Crippen LogP contribution is -2.36. The van der Waals surface area contributed by atoms with Crippen molar-refractivity contribution in [3.63, 3.8) is 0 Å². The number of sulfonamides is 1. The van der Waals surface area contributed by atoms with E-state index in [9.17, 15) is 8.42 Å². The average Bonchev–Trinajstić information content (AvgIpc) is 2.62. The van der Waals surface area contributed by atoms with Crippen molar-refractivity contribution in [1.29, 1.82) is 0 Å². The molecular weight excluding hydrogens is 475 g/mol. The molecule has 0 spiro atoms. The summed E-state index contributed by atoms with van der Waals surface area (Å²) in [6.07, 6.45) is 0. The van der Waals surface area contributed by atoms with Gasteiger partial charge in [0.2, 0.25) is 10.0 Å². The molecule has 0 radical (unpaired) electrons. The van der Waals surface area contributed by atoms with Gasteiger partial charge in [0.05, 0.1) is 4.90 Å². The van der Waals surface area contributed by atoms with Crippen molar-refractivity contribution >= 4 is 40.0 Å². The zero-order valence-electron chi connectivity index (χ0n) is 16.1. The largest absolute Gasteiger partial charge is 0.352 e. The Hall–Kier alpha value is -1.65. The lowest BCUT2D eigenvalue weighted by atomic mass is 10.1. The molecule has 0 bridgehead atoms. The summed E-state index contributed by atoms with van der Waals surface area (Å²) in [5.74, 6) is 0.691. The fourth-order valence-electron chi connectivity index (χ4n) is 2.40. The molecule has 27 heavy (non-hydrogen) atoms. The number of benzene rings is 2. The van der Waals surface area contributed by atoms with Gasteiger partial charge in [0.25, 0.3) is 0 Å². The molecular formula is C19H27IN4O2S. The molecule has 2 rings (SSSR count). The molecule has 0 fully saturated rings. The number of aryl methyl sites for hydroxylation is 1. The summed E-state index contributed by atoms with van der Waals surface area (Å²) in [5, 5.41) is 6.50. The third kappa shape index (κ3) is 6.78. The molecule has 0 saturated heterocycles. The molecule has 0 heterocycles. The lowest BCUT2D eigenvalue weighted by molar-refractivity contribution is 0.520. The summed E-state index contributed by atoms with van der Waals surface area (Å²) >= 11 is 0. The minimum Gasteiger partial charge on any atom is -0.352 e. The van der Waals surface area contributed by atoms with Crippen molar-refractivity contribution in [2.75, 3.05) is 21.1 Å². The van der Waals surface area contributed by atoms with Gasteiger partial charge in [-0.15, -0.1) is 24.0 Å². The Morgan fingerprint density at radius 2 is 1.59 bits per heavy atom. The van der Waals surface area contributed by atoms with Gasteiger partial charge in [-0.05, 0) is 30.2 Å². The van der Waals surface area contributed by atoms with Crippen LogP contribution in [0.25, 0.3) is 0 Å². The van der Waals surface area contributed by atoms with Crippen molar-refractivity contribution in [2.24, 2.45) is 4.99 Å². The van der Waals surface area contributed by atoms with Gasteiger partial charge in [0, 0.05) is 34.2 Å². The molecule has 6 nitrogen and oxygen atoms in total. The van der Waals surface area contributed by atoms with Crippen LogP contribution in [0.2, 0.25) is 0 Å². The molecule has 0 aliphatic heterocycles. The van der Waals surface area contributed by atoms with E-state index < -0.39 is 10.0 Å². The first kappa shape index (κ1) is 23.4. The topological polar surface area (TPSA) is 73.8 Å². The smallest absolute Gasteiger partial charge is 0.242 e. The highest BCUT2D eigenvalue weighted by molar-refractivity contribution is 14.0. The number of nitrogens with zero attached hydrogens (tertiary/aromatic N) is 2. The quantitative estimate of drug-likeness (QED) is 0.362. The van der Waals surface area contributed by atoms with Crippen LogP contribution in [0, 0.1) is 6.92 Å². The maximum absolute atomic E-state index is 12.1. The predicted octanol–water partition coefficient (Wildman–Crippen LogP) is 2.73. The Labute approximate surface area is 179 Å². The van der Waals surface area contributed by atoms with Crippen LogP contribution < -0.4 is 10.6 Å². The normalized spacial score (nSPS) is 11.8. The summed E-state index contributed by atoms with van der Waals surface area (Å²) in [7, 11) is 1.37. The maximum Gasteiger partial charge on any atom is 0.242 e. The molecule has 2 aromatic rings. The molecule has 0 aliphatic rings. The van der Waals surface area contributed by atoms with E-state index in [0.717, 1.165) is 5.56 Å². The molecule has 2 N–H and O–H groups in total. The van der Waals surface area contributed by atoms with Gasteiger partial charge in [-0.3, -0.25) is 4.99 Å². The van der Waals surface area contributed by atoms with E-state index in [1.165, 1.54) is 29.5 Å². The van der Waals surface area contributed by atoms with Gasteiger partial charge < -0.3 is 10.6 Å². The third-order valence-electron chi connectivity index (χ3n) is 3.93. The van der Waals surface area contributed by atoms with E-state index in [0.29, 0.717) is 19.0 Å². The van der Waals surface area contributed by atoms with E-state index in [2.05, 4.69) is 40.7 Å². The van der Waals surface area contributed by atoms with Gasteiger partial charge in [-0.25, -0.2) is 12.7 Å². The Bertz CT molecular complexity index is 866. The number of rotatable bonds is 6. The standard InChI is InChI=1S/C19H26N4O2S.HI/c1-15-6-5-7-17(12-15)14-22-19(20-2)21-13-16-8-10-18(11-9-16)26(24,25)23(3)4;/h5-12H,13-14H2,1-4H3,(H2,20,21,22);1H. The van der Waals surface area contributed by atoms with Crippen molar-refractivity contribution in [2.45, 2.75) is 24.9 Å². The predicted molar refractivity (Wildman–Crippen MR) is 121 cm³/mol. The van der Waals surface area contributed by atoms with Crippen molar-refractivity contribution in [1.82, 2.24) is 14.9 Å². The summed E-state index contributed by atoms with van der Waals surface area (Å²) in [5.41, 5.74) is 3.38. The summed E-state index contributed by atoms with van der Waals surface area (Å²) in [6, 6.07) is 15.1. The highest BCUT2D eigenvalue weighted by Crippen LogP contribution is 2.13. The SMILES string of the molecule is CN=C(NCc1ccc(S(=O)(=O)N(C)C)cc1)NCc1cccc(C)c1.I. The first-order valence-electron chi connectivity index (χ1n) is 8.34. The van der Waals surface area contributed by atoms with E-state index in [-0.39, 0.29) is 28.9 Å². The molecule has 2 aromatic carbocycles. The van der Waals surface area contributed by atoms with E-state index in [4.69, 9.17) is 0 Å². The van der Waals surface area contributed by atoms with Crippen LogP contribution >= 0.6 is 24.0 Å². The molecule has 8 heteroatoms. The number of nitrogens with one attached hydrogen (secondary N) is 2. The second kappa shape index (κ2) is 10.6. The lowest BCUT2D eigenvalue weighted by Gasteiger charge is -2.14. The first-order chi connectivity index (χ1) is 12.3. The van der Waals surface area contributed by atoms with E-state index in [1.807, 2.05) is 6.07 Å². The third-order valence-corrected chi connectivity index (χ3v) is 5.76. The van der Waals surface area contributed by atoms with Gasteiger partial charge in [-0.2, -0.15) is 0 Å². The van der Waals surface area contributed by atoms with E-state index in [1.54, 1.807) is 31.3 Å². The average molecular weight is 502 g/mol. The van der Waals surface area contributed by atoms with Crippen LogP contribution in [0.15, 0.2) is 58.4 Å². The van der Waals surface area contributed by atoms with Gasteiger partial charge >= 0.3 is 0 Å². The Balaban J connectivity index is 0.00000364. The van der Waals surface area contributed by atoms with Gasteiger partial charge in [-0.1, -0.05) is 42.0 Å². The summed E-state index contributed by atoms with van der Waals surface area (Å²) in [4.78, 5) is 4.50. The summed E-state index contributed by atoms with van der Waals surface area (Å²) in [6.45, 7) is 3.30. The molecule has 0 aromatic heterocycles. The maximum atomic E-state index is 12.1. The minimum atomic E-state index is -3.40. The monoisotopic (exact) mass is 502 g/mol. The van der Waals surface area contributed by atoms with Crippen molar-refractivity contribution in [3.8, 4) is 0 Å². The second-order valence-electron chi connectivity index (χ2n) is 6.20. The fraction of sp³-hybridized carbons (Fsp3) is 0.316. The molecule has 0 unspecified atom stereocenters. The van der Waals surface area contributed by atoms with E-state index >= 15 is 0 Å². The molecule has 148 valence electrons. The van der Waals surface area contributed by atoms with Crippen LogP contribution in [0.5, 0.6) is 0 Å². The zero-order valence-corrected chi connectivity index (χ0v) is 19.2. The Kier molecular flexibility index (Phi) is 9.20. The minimum absolute atomic E-state index is 0. The first-order valence-corrected chi connectivity index (χ1v) is 9.78. The van der Waals surface area contributed by atoms with Crippen molar-refractivity contribution < 1.29 is 8.42 Å². The number of halogens is 1.